The molecule has 0 spiro atoms. The lowest BCUT2D eigenvalue weighted by atomic mass is 9.86. The lowest BCUT2D eigenvalue weighted by Crippen LogP contribution is -2.38. The molecule has 1 nitrogen and oxygen atoms in total. The van der Waals surface area contributed by atoms with E-state index in [9.17, 15) is 0 Å². The lowest BCUT2D eigenvalue weighted by Gasteiger charge is -2.27. The molecule has 0 aromatic rings. The Labute approximate surface area is 137 Å². The van der Waals surface area contributed by atoms with Crippen LogP contribution in [0.3, 0.4) is 0 Å². The molecule has 0 unspecified atom stereocenters. The third kappa shape index (κ3) is 12.9. The smallest absolute Gasteiger partial charge is 0.0223 e. The van der Waals surface area contributed by atoms with Crippen LogP contribution in [0, 0.1) is 0 Å². The topological polar surface area (TPSA) is 26.0 Å². The molecule has 0 aromatic heterocycles. The van der Waals surface area contributed by atoms with Gasteiger partial charge in [0.1, 0.15) is 0 Å². The van der Waals surface area contributed by atoms with Gasteiger partial charge in [-0.05, 0) is 19.3 Å². The van der Waals surface area contributed by atoms with Gasteiger partial charge >= 0.3 is 0 Å². The first-order chi connectivity index (χ1) is 9.18. The van der Waals surface area contributed by atoms with E-state index in [0.717, 1.165) is 19.3 Å². The van der Waals surface area contributed by atoms with Crippen LogP contribution in [-0.4, -0.2) is 5.54 Å². The average molecular weight is 346 g/mol. The molecule has 120 valence electrons. The highest BCUT2D eigenvalue weighted by molar-refractivity contribution is 8.93. The minimum atomic E-state index is -0.0926. The van der Waals surface area contributed by atoms with E-state index >= 15 is 0 Å². The summed E-state index contributed by atoms with van der Waals surface area (Å²) in [5.41, 5.74) is 6.28. The van der Waals surface area contributed by atoms with Gasteiger partial charge in [0.15, 0.2) is 0 Å². The quantitative estimate of drug-likeness (QED) is 0.288. The van der Waals surface area contributed by atoms with Crippen molar-refractivity contribution >= 4 is 17.0 Å². The van der Waals surface area contributed by atoms with Gasteiger partial charge in [0.05, 0.1) is 0 Å². The maximum atomic E-state index is 6.37. The van der Waals surface area contributed by atoms with Crippen LogP contribution in [-0.2, 0) is 0 Å². The summed E-state index contributed by atoms with van der Waals surface area (Å²) in [7, 11) is 0. The monoisotopic (exact) mass is 345 g/mol. The van der Waals surface area contributed by atoms with Crippen LogP contribution in [0.4, 0.5) is 0 Å². The van der Waals surface area contributed by atoms with E-state index in [0.29, 0.717) is 0 Å². The van der Waals surface area contributed by atoms with Crippen LogP contribution in [0.25, 0.3) is 0 Å². The fraction of sp³-hybridized carbons (Fsp3) is 0.778. The molecule has 0 aliphatic heterocycles. The molecule has 0 amide bonds. The van der Waals surface area contributed by atoms with Gasteiger partial charge in [0.2, 0.25) is 0 Å². The Hall–Kier alpha value is -0.0800. The standard InChI is InChI=1S/C18H35N.BrH/c1-4-7-8-9-10-11-12-13-14-17-18(19,15-5-2)16-6-3;/h5-6H,2-4,7-17,19H2,1H3;1H. The second-order valence-electron chi connectivity index (χ2n) is 5.93. The van der Waals surface area contributed by atoms with Crippen LogP contribution >= 0.6 is 17.0 Å². The maximum Gasteiger partial charge on any atom is 0.0223 e. The van der Waals surface area contributed by atoms with Crippen molar-refractivity contribution in [2.24, 2.45) is 5.73 Å². The van der Waals surface area contributed by atoms with Crippen LogP contribution in [0.15, 0.2) is 25.3 Å². The fourth-order valence-corrected chi connectivity index (χ4v) is 2.65. The molecule has 2 N–H and O–H groups in total. The van der Waals surface area contributed by atoms with Crippen molar-refractivity contribution in [3.63, 3.8) is 0 Å². The minimum Gasteiger partial charge on any atom is -0.325 e. The van der Waals surface area contributed by atoms with E-state index in [4.69, 9.17) is 5.73 Å². The van der Waals surface area contributed by atoms with E-state index in [-0.39, 0.29) is 22.5 Å². The molecular weight excluding hydrogens is 310 g/mol. The van der Waals surface area contributed by atoms with Crippen molar-refractivity contribution in [3.05, 3.63) is 25.3 Å². The SMILES string of the molecule is Br.C=CCC(N)(CC=C)CCCCCCCCCCC. The van der Waals surface area contributed by atoms with Crippen LogP contribution < -0.4 is 5.73 Å². The second-order valence-corrected chi connectivity index (χ2v) is 5.93. The summed E-state index contributed by atoms with van der Waals surface area (Å²) in [6, 6.07) is 0. The van der Waals surface area contributed by atoms with Gasteiger partial charge in [0, 0.05) is 5.54 Å². The molecule has 0 radical (unpaired) electrons. The number of hydrogen-bond donors (Lipinski definition) is 1. The maximum absolute atomic E-state index is 6.37. The molecule has 20 heavy (non-hydrogen) atoms. The minimum absolute atomic E-state index is 0. The second kappa shape index (κ2) is 15.3. The molecule has 0 bridgehead atoms. The summed E-state index contributed by atoms with van der Waals surface area (Å²) in [4.78, 5) is 0. The van der Waals surface area contributed by atoms with E-state index in [1.807, 2.05) is 12.2 Å². The summed E-state index contributed by atoms with van der Waals surface area (Å²) >= 11 is 0. The molecular formula is C18H36BrN. The average Bonchev–Trinajstić information content (AvgIpc) is 2.37. The van der Waals surface area contributed by atoms with Crippen molar-refractivity contribution in [1.29, 1.82) is 0 Å². The Morgan fingerprint density at radius 1 is 0.800 bits per heavy atom. The van der Waals surface area contributed by atoms with E-state index in [2.05, 4.69) is 20.1 Å². The summed E-state index contributed by atoms with van der Waals surface area (Å²) in [6.07, 6.45) is 19.1. The van der Waals surface area contributed by atoms with Crippen molar-refractivity contribution in [2.45, 2.75) is 89.5 Å². The van der Waals surface area contributed by atoms with Crippen LogP contribution in [0.5, 0.6) is 0 Å². The van der Waals surface area contributed by atoms with Gasteiger partial charge in [0.25, 0.3) is 0 Å². The summed E-state index contributed by atoms with van der Waals surface area (Å²) < 4.78 is 0. The Morgan fingerprint density at radius 2 is 1.20 bits per heavy atom. The Balaban J connectivity index is 0. The Kier molecular flexibility index (Phi) is 17.0. The molecule has 0 fully saturated rings. The van der Waals surface area contributed by atoms with Crippen LogP contribution in [0.2, 0.25) is 0 Å². The Bertz CT molecular complexity index is 215. The zero-order valence-corrected chi connectivity index (χ0v) is 15.3. The zero-order chi connectivity index (χ0) is 14.4. The first-order valence-electron chi connectivity index (χ1n) is 8.19. The van der Waals surface area contributed by atoms with Gasteiger partial charge in [-0.1, -0.05) is 76.9 Å². The molecule has 0 aliphatic rings. The van der Waals surface area contributed by atoms with Gasteiger partial charge in [-0.15, -0.1) is 30.1 Å². The predicted molar refractivity (Wildman–Crippen MR) is 98.7 cm³/mol. The molecule has 0 saturated carbocycles. The normalized spacial score (nSPS) is 10.9. The van der Waals surface area contributed by atoms with Gasteiger partial charge in [-0.3, -0.25) is 0 Å². The number of rotatable bonds is 14. The van der Waals surface area contributed by atoms with Crippen molar-refractivity contribution < 1.29 is 0 Å². The lowest BCUT2D eigenvalue weighted by molar-refractivity contribution is 0.380. The number of halogens is 1. The third-order valence-electron chi connectivity index (χ3n) is 3.88. The van der Waals surface area contributed by atoms with E-state index in [1.54, 1.807) is 0 Å². The van der Waals surface area contributed by atoms with E-state index < -0.39 is 0 Å². The molecule has 2 heteroatoms. The summed E-state index contributed by atoms with van der Waals surface area (Å²) in [5, 5.41) is 0. The summed E-state index contributed by atoms with van der Waals surface area (Å²) in [6.45, 7) is 9.88. The predicted octanol–water partition coefficient (Wildman–Crippen LogP) is 6.33. The van der Waals surface area contributed by atoms with Crippen LogP contribution in [0.1, 0.15) is 84.0 Å². The Morgan fingerprint density at radius 3 is 1.60 bits per heavy atom. The number of unbranched alkanes of at least 4 members (excludes halogenated alkanes) is 8. The highest BCUT2D eigenvalue weighted by Gasteiger charge is 2.20. The largest absolute Gasteiger partial charge is 0.325 e. The molecule has 0 heterocycles. The first kappa shape index (κ1) is 22.2. The molecule has 0 aromatic carbocycles. The molecule has 0 aliphatic carbocycles. The van der Waals surface area contributed by atoms with Gasteiger partial charge in [-0.2, -0.15) is 0 Å². The molecule has 0 rings (SSSR count). The number of nitrogens with two attached hydrogens (primary N) is 1. The first-order valence-corrected chi connectivity index (χ1v) is 8.19. The summed E-state index contributed by atoms with van der Waals surface area (Å²) in [5.74, 6) is 0. The molecule has 0 saturated heterocycles. The van der Waals surface area contributed by atoms with Crippen molar-refractivity contribution in [1.82, 2.24) is 0 Å². The third-order valence-corrected chi connectivity index (χ3v) is 3.88. The number of hydrogen-bond acceptors (Lipinski definition) is 1. The fourth-order valence-electron chi connectivity index (χ4n) is 2.65. The van der Waals surface area contributed by atoms with E-state index in [1.165, 1.54) is 57.8 Å². The zero-order valence-electron chi connectivity index (χ0n) is 13.5. The van der Waals surface area contributed by atoms with Crippen molar-refractivity contribution in [3.8, 4) is 0 Å². The highest BCUT2D eigenvalue weighted by atomic mass is 79.9. The van der Waals surface area contributed by atoms with Gasteiger partial charge < -0.3 is 5.73 Å². The molecule has 0 atom stereocenters. The van der Waals surface area contributed by atoms with Crippen molar-refractivity contribution in [2.75, 3.05) is 0 Å². The highest BCUT2D eigenvalue weighted by Crippen LogP contribution is 2.22. The van der Waals surface area contributed by atoms with Gasteiger partial charge in [-0.25, -0.2) is 0 Å².